The van der Waals surface area contributed by atoms with Crippen molar-refractivity contribution < 1.29 is 9.59 Å². The Morgan fingerprint density at radius 2 is 2.09 bits per heavy atom. The Morgan fingerprint density at radius 1 is 1.32 bits per heavy atom. The smallest absolute Gasteiger partial charge is 0.244 e. The maximum Gasteiger partial charge on any atom is 0.244 e. The van der Waals surface area contributed by atoms with Gasteiger partial charge < -0.3 is 14.9 Å². The van der Waals surface area contributed by atoms with Gasteiger partial charge in [-0.3, -0.25) is 9.59 Å². The number of ketones is 1. The van der Waals surface area contributed by atoms with Crippen molar-refractivity contribution in [3.8, 4) is 0 Å². The van der Waals surface area contributed by atoms with Crippen LogP contribution in [0.25, 0.3) is 10.9 Å². The summed E-state index contributed by atoms with van der Waals surface area (Å²) in [5.74, 6) is -0.0678. The molecule has 22 heavy (non-hydrogen) atoms. The van der Waals surface area contributed by atoms with Gasteiger partial charge in [0, 0.05) is 37.3 Å². The molecule has 112 valence electrons. The number of aryl methyl sites for hydroxylation is 1. The first kappa shape index (κ1) is 14.3. The SMILES string of the molecule is CC(=O)Nc1cc2cc(C(=O)c3nccn3C)[nH]c2cc1Cl. The van der Waals surface area contributed by atoms with E-state index < -0.39 is 0 Å². The van der Waals surface area contributed by atoms with Crippen LogP contribution in [0.1, 0.15) is 23.2 Å². The lowest BCUT2D eigenvalue weighted by Gasteiger charge is -2.04. The zero-order chi connectivity index (χ0) is 15.9. The van der Waals surface area contributed by atoms with Crippen LogP contribution in [0.15, 0.2) is 30.6 Å². The maximum absolute atomic E-state index is 12.4. The fourth-order valence-electron chi connectivity index (χ4n) is 2.27. The van der Waals surface area contributed by atoms with Crippen molar-refractivity contribution in [2.45, 2.75) is 6.92 Å². The van der Waals surface area contributed by atoms with E-state index >= 15 is 0 Å². The highest BCUT2D eigenvalue weighted by Gasteiger charge is 2.17. The molecule has 0 bridgehead atoms. The molecule has 0 aliphatic heterocycles. The van der Waals surface area contributed by atoms with Gasteiger partial charge in [0.2, 0.25) is 11.7 Å². The van der Waals surface area contributed by atoms with E-state index in [9.17, 15) is 9.59 Å². The fourth-order valence-corrected chi connectivity index (χ4v) is 2.48. The lowest BCUT2D eigenvalue weighted by atomic mass is 10.2. The number of aromatic nitrogens is 3. The number of carbonyl (C=O) groups excluding carboxylic acids is 2. The third-order valence-corrected chi connectivity index (χ3v) is 3.60. The molecule has 0 saturated carbocycles. The highest BCUT2D eigenvalue weighted by Crippen LogP contribution is 2.29. The number of imidazole rings is 1. The second-order valence-corrected chi connectivity index (χ2v) is 5.38. The van der Waals surface area contributed by atoms with E-state index in [1.807, 2.05) is 0 Å². The van der Waals surface area contributed by atoms with Crippen LogP contribution >= 0.6 is 11.6 Å². The summed E-state index contributed by atoms with van der Waals surface area (Å²) in [6, 6.07) is 5.12. The van der Waals surface area contributed by atoms with Crippen molar-refractivity contribution >= 4 is 39.9 Å². The molecule has 0 unspecified atom stereocenters. The molecule has 0 saturated heterocycles. The molecule has 3 rings (SSSR count). The van der Waals surface area contributed by atoms with Gasteiger partial charge in [0.15, 0.2) is 5.82 Å². The Morgan fingerprint density at radius 3 is 2.73 bits per heavy atom. The molecule has 1 amide bonds. The zero-order valence-electron chi connectivity index (χ0n) is 12.0. The number of nitrogens with one attached hydrogen (secondary N) is 2. The number of carbonyl (C=O) groups is 2. The lowest BCUT2D eigenvalue weighted by Crippen LogP contribution is -2.08. The van der Waals surface area contributed by atoms with Gasteiger partial charge in [0.05, 0.1) is 16.4 Å². The number of nitrogens with zero attached hydrogens (tertiary/aromatic N) is 2. The van der Waals surface area contributed by atoms with Crippen molar-refractivity contribution in [2.75, 3.05) is 5.32 Å². The number of rotatable bonds is 3. The van der Waals surface area contributed by atoms with Gasteiger partial charge in [-0.15, -0.1) is 0 Å². The van der Waals surface area contributed by atoms with Gasteiger partial charge in [0.25, 0.3) is 0 Å². The molecular weight excluding hydrogens is 304 g/mol. The molecule has 0 spiro atoms. The number of fused-ring (bicyclic) bond motifs is 1. The van der Waals surface area contributed by atoms with Crippen LogP contribution in [-0.2, 0) is 11.8 Å². The Bertz CT molecular complexity index is 894. The molecule has 2 heterocycles. The van der Waals surface area contributed by atoms with Crippen LogP contribution in [-0.4, -0.2) is 26.2 Å². The van der Waals surface area contributed by atoms with Crippen molar-refractivity contribution in [1.29, 1.82) is 0 Å². The average molecular weight is 317 g/mol. The number of amides is 1. The van der Waals surface area contributed by atoms with Crippen LogP contribution < -0.4 is 5.32 Å². The van der Waals surface area contributed by atoms with Crippen LogP contribution in [0.2, 0.25) is 5.02 Å². The molecular formula is C15H13ClN4O2. The Labute approximate surface area is 131 Å². The molecule has 0 fully saturated rings. The molecule has 3 aromatic rings. The predicted octanol–water partition coefficient (Wildman–Crippen LogP) is 2.74. The van der Waals surface area contributed by atoms with E-state index in [1.54, 1.807) is 42.2 Å². The first-order valence-electron chi connectivity index (χ1n) is 6.57. The summed E-state index contributed by atoms with van der Waals surface area (Å²) in [6.45, 7) is 1.41. The third-order valence-electron chi connectivity index (χ3n) is 3.29. The van der Waals surface area contributed by atoms with Crippen LogP contribution in [0.4, 0.5) is 5.69 Å². The summed E-state index contributed by atoms with van der Waals surface area (Å²) in [6.07, 6.45) is 3.28. The Hall–Kier alpha value is -2.60. The zero-order valence-corrected chi connectivity index (χ0v) is 12.7. The van der Waals surface area contributed by atoms with Crippen molar-refractivity contribution in [2.24, 2.45) is 7.05 Å². The van der Waals surface area contributed by atoms with Crippen LogP contribution in [0.3, 0.4) is 0 Å². The van der Waals surface area contributed by atoms with Crippen molar-refractivity contribution in [3.63, 3.8) is 0 Å². The van der Waals surface area contributed by atoms with Gasteiger partial charge in [-0.2, -0.15) is 0 Å². The lowest BCUT2D eigenvalue weighted by molar-refractivity contribution is -0.114. The third kappa shape index (κ3) is 2.48. The number of hydrogen-bond acceptors (Lipinski definition) is 3. The summed E-state index contributed by atoms with van der Waals surface area (Å²) in [7, 11) is 1.76. The monoisotopic (exact) mass is 316 g/mol. The largest absolute Gasteiger partial charge is 0.352 e. The highest BCUT2D eigenvalue weighted by molar-refractivity contribution is 6.34. The number of H-pyrrole nitrogens is 1. The number of benzene rings is 1. The highest BCUT2D eigenvalue weighted by atomic mass is 35.5. The number of anilines is 1. The van der Waals surface area contributed by atoms with Gasteiger partial charge in [-0.25, -0.2) is 4.98 Å². The van der Waals surface area contributed by atoms with Gasteiger partial charge in [-0.05, 0) is 18.2 Å². The van der Waals surface area contributed by atoms with Gasteiger partial charge >= 0.3 is 0 Å². The quantitative estimate of drug-likeness (QED) is 0.729. The number of hydrogen-bond donors (Lipinski definition) is 2. The number of aromatic amines is 1. The summed E-state index contributed by atoms with van der Waals surface area (Å²) in [5, 5.41) is 3.84. The Balaban J connectivity index is 2.05. The fraction of sp³-hybridized carbons (Fsp3) is 0.133. The summed E-state index contributed by atoms with van der Waals surface area (Å²) >= 11 is 6.12. The molecule has 2 N–H and O–H groups in total. The molecule has 0 radical (unpaired) electrons. The minimum atomic E-state index is -0.208. The molecule has 6 nitrogen and oxygen atoms in total. The molecule has 1 aromatic carbocycles. The van der Waals surface area contributed by atoms with E-state index in [-0.39, 0.29) is 11.7 Å². The molecule has 2 aromatic heterocycles. The van der Waals surface area contributed by atoms with E-state index in [2.05, 4.69) is 15.3 Å². The van der Waals surface area contributed by atoms with Crippen molar-refractivity contribution in [3.05, 3.63) is 47.1 Å². The molecule has 0 atom stereocenters. The maximum atomic E-state index is 12.4. The first-order valence-corrected chi connectivity index (χ1v) is 6.95. The van der Waals surface area contributed by atoms with E-state index in [4.69, 9.17) is 11.6 Å². The molecule has 0 aliphatic rings. The van der Waals surface area contributed by atoms with E-state index in [0.717, 1.165) is 10.9 Å². The minimum Gasteiger partial charge on any atom is -0.352 e. The Kier molecular flexibility index (Phi) is 3.46. The summed E-state index contributed by atoms with van der Waals surface area (Å²) in [5.41, 5.74) is 1.65. The number of halogens is 1. The van der Waals surface area contributed by atoms with Crippen LogP contribution in [0, 0.1) is 0 Å². The van der Waals surface area contributed by atoms with E-state index in [1.165, 1.54) is 6.92 Å². The summed E-state index contributed by atoms with van der Waals surface area (Å²) in [4.78, 5) is 30.7. The van der Waals surface area contributed by atoms with Crippen LogP contribution in [0.5, 0.6) is 0 Å². The second-order valence-electron chi connectivity index (χ2n) is 4.97. The molecule has 0 aliphatic carbocycles. The standard InChI is InChI=1S/C15H13ClN4O2/c1-8(21)18-12-5-9-6-13(19-11(9)7-10(12)16)14(22)15-17-3-4-20(15)2/h3-7,19H,1-2H3,(H,18,21). The van der Waals surface area contributed by atoms with Gasteiger partial charge in [-0.1, -0.05) is 11.6 Å². The minimum absolute atomic E-state index is 0.207. The normalized spacial score (nSPS) is 10.9. The average Bonchev–Trinajstić information content (AvgIpc) is 3.04. The van der Waals surface area contributed by atoms with Gasteiger partial charge in [0.1, 0.15) is 0 Å². The topological polar surface area (TPSA) is 79.8 Å². The predicted molar refractivity (Wildman–Crippen MR) is 84.3 cm³/mol. The van der Waals surface area contributed by atoms with E-state index in [0.29, 0.717) is 22.2 Å². The molecule has 7 heteroatoms. The first-order chi connectivity index (χ1) is 10.5. The van der Waals surface area contributed by atoms with Crippen molar-refractivity contribution in [1.82, 2.24) is 14.5 Å². The summed E-state index contributed by atoms with van der Waals surface area (Å²) < 4.78 is 1.66. The second kappa shape index (κ2) is 5.31.